The largest absolute Gasteiger partial charge is 0.467 e. The summed E-state index contributed by atoms with van der Waals surface area (Å²) in [7, 11) is 1.42. The molecule has 0 saturated heterocycles. The fourth-order valence-corrected chi connectivity index (χ4v) is 2.79. The summed E-state index contributed by atoms with van der Waals surface area (Å²) in [5, 5.41) is 4.46. The number of fused-ring (bicyclic) bond motifs is 3. The Hall–Kier alpha value is -1.81. The fourth-order valence-electron chi connectivity index (χ4n) is 2.79. The Morgan fingerprint density at radius 2 is 2.17 bits per heavy atom. The molecule has 0 spiro atoms. The van der Waals surface area contributed by atoms with Crippen molar-refractivity contribution in [2.75, 3.05) is 13.7 Å². The maximum atomic E-state index is 12.0. The molecular weight excluding hydrogens is 228 g/mol. The smallest absolute Gasteiger partial charge is 0.331 e. The lowest BCUT2D eigenvalue weighted by Gasteiger charge is -2.32. The number of esters is 1. The lowest BCUT2D eigenvalue weighted by atomic mass is 9.88. The van der Waals surface area contributed by atoms with Gasteiger partial charge in [-0.05, 0) is 25.0 Å². The van der Waals surface area contributed by atoms with Crippen molar-refractivity contribution in [1.82, 2.24) is 10.3 Å². The Morgan fingerprint density at radius 1 is 1.39 bits per heavy atom. The van der Waals surface area contributed by atoms with Crippen molar-refractivity contribution in [2.45, 2.75) is 18.9 Å². The lowest BCUT2D eigenvalue weighted by molar-refractivity contribution is -0.148. The maximum Gasteiger partial charge on any atom is 0.331 e. The number of ether oxygens (including phenoxy) is 1. The molecule has 2 heterocycles. The van der Waals surface area contributed by atoms with Crippen LogP contribution in [0.1, 0.15) is 18.2 Å². The van der Waals surface area contributed by atoms with Gasteiger partial charge in [0, 0.05) is 17.4 Å². The van der Waals surface area contributed by atoms with Gasteiger partial charge in [-0.25, -0.2) is 4.79 Å². The van der Waals surface area contributed by atoms with Crippen molar-refractivity contribution in [3.8, 4) is 0 Å². The van der Waals surface area contributed by atoms with E-state index in [4.69, 9.17) is 4.74 Å². The maximum absolute atomic E-state index is 12.0. The van der Waals surface area contributed by atoms with E-state index in [-0.39, 0.29) is 5.97 Å². The van der Waals surface area contributed by atoms with Gasteiger partial charge in [0.05, 0.1) is 12.8 Å². The first-order valence-corrected chi connectivity index (χ1v) is 6.10. The zero-order valence-electron chi connectivity index (χ0n) is 10.5. The van der Waals surface area contributed by atoms with Crippen LogP contribution >= 0.6 is 0 Å². The van der Waals surface area contributed by atoms with Crippen molar-refractivity contribution in [3.05, 3.63) is 35.5 Å². The summed E-state index contributed by atoms with van der Waals surface area (Å²) >= 11 is 0. The number of benzene rings is 1. The van der Waals surface area contributed by atoms with Crippen LogP contribution in [-0.2, 0) is 21.5 Å². The molecule has 2 N–H and O–H groups in total. The summed E-state index contributed by atoms with van der Waals surface area (Å²) in [6.45, 7) is 2.65. The first-order chi connectivity index (χ1) is 8.66. The quantitative estimate of drug-likeness (QED) is 0.751. The second-order valence-electron chi connectivity index (χ2n) is 4.82. The minimum absolute atomic E-state index is 0.255. The van der Waals surface area contributed by atoms with Gasteiger partial charge < -0.3 is 9.72 Å². The molecule has 1 aromatic heterocycles. The number of methoxy groups -OCH3 is 1. The number of hydrogen-bond acceptors (Lipinski definition) is 3. The van der Waals surface area contributed by atoms with Crippen LogP contribution in [0, 0.1) is 0 Å². The summed E-state index contributed by atoms with van der Waals surface area (Å²) in [6, 6.07) is 8.14. The van der Waals surface area contributed by atoms with Crippen LogP contribution < -0.4 is 5.32 Å². The molecule has 3 rings (SSSR count). The van der Waals surface area contributed by atoms with Gasteiger partial charge in [0.1, 0.15) is 0 Å². The van der Waals surface area contributed by atoms with Crippen LogP contribution in [-0.4, -0.2) is 24.6 Å². The minimum atomic E-state index is -0.776. The summed E-state index contributed by atoms with van der Waals surface area (Å²) in [6.07, 6.45) is 0.923. The number of nitrogens with one attached hydrogen (secondary N) is 2. The molecule has 1 aromatic carbocycles. The predicted octanol–water partition coefficient (Wildman–Crippen LogP) is 1.70. The number of aromatic nitrogens is 1. The second-order valence-corrected chi connectivity index (χ2v) is 4.82. The van der Waals surface area contributed by atoms with Crippen molar-refractivity contribution in [1.29, 1.82) is 0 Å². The molecule has 4 nitrogen and oxygen atoms in total. The fraction of sp³-hybridized carbons (Fsp3) is 0.357. The Kier molecular flexibility index (Phi) is 2.41. The Balaban J connectivity index is 2.25. The van der Waals surface area contributed by atoms with E-state index in [9.17, 15) is 4.79 Å². The Morgan fingerprint density at radius 3 is 2.94 bits per heavy atom. The molecule has 2 aromatic rings. The first-order valence-electron chi connectivity index (χ1n) is 6.10. The monoisotopic (exact) mass is 244 g/mol. The molecule has 94 valence electrons. The van der Waals surface area contributed by atoms with E-state index in [1.54, 1.807) is 0 Å². The van der Waals surface area contributed by atoms with Gasteiger partial charge >= 0.3 is 5.97 Å². The highest BCUT2D eigenvalue weighted by Gasteiger charge is 2.41. The molecule has 0 saturated carbocycles. The summed E-state index contributed by atoms with van der Waals surface area (Å²) < 4.78 is 4.92. The highest BCUT2D eigenvalue weighted by molar-refractivity contribution is 5.90. The number of H-pyrrole nitrogens is 1. The number of aromatic amines is 1. The highest BCUT2D eigenvalue weighted by Crippen LogP contribution is 2.34. The molecule has 18 heavy (non-hydrogen) atoms. The van der Waals surface area contributed by atoms with Crippen molar-refractivity contribution >= 4 is 16.9 Å². The van der Waals surface area contributed by atoms with Gasteiger partial charge in [-0.3, -0.25) is 5.32 Å². The van der Waals surface area contributed by atoms with Crippen LogP contribution in [0.25, 0.3) is 10.9 Å². The zero-order chi connectivity index (χ0) is 12.8. The predicted molar refractivity (Wildman–Crippen MR) is 69.4 cm³/mol. The Labute approximate surface area is 105 Å². The molecule has 1 aliphatic rings. The lowest BCUT2D eigenvalue weighted by Crippen LogP contribution is -2.51. The standard InChI is InChI=1S/C14H16N2O2/c1-14(13(17)18-2)12-10(7-8-15-14)9-5-3-4-6-11(9)16-12/h3-6,15-16H,7-8H2,1-2H3/t14-/m1/s1. The Bertz CT molecular complexity index is 617. The summed E-state index contributed by atoms with van der Waals surface area (Å²) in [5.74, 6) is -0.255. The summed E-state index contributed by atoms with van der Waals surface area (Å²) in [4.78, 5) is 15.4. The van der Waals surface area contributed by atoms with Crippen LogP contribution in [0.5, 0.6) is 0 Å². The van der Waals surface area contributed by atoms with Crippen LogP contribution in [0.15, 0.2) is 24.3 Å². The molecule has 0 radical (unpaired) electrons. The SMILES string of the molecule is COC(=O)[C@]1(C)NCCc2c1[nH]c1ccccc21. The van der Waals surface area contributed by atoms with Gasteiger partial charge in [0.25, 0.3) is 0 Å². The third-order valence-corrected chi connectivity index (χ3v) is 3.76. The number of carbonyl (C=O) groups excluding carboxylic acids is 1. The number of rotatable bonds is 1. The normalized spacial score (nSPS) is 22.8. The number of carbonyl (C=O) groups is 1. The minimum Gasteiger partial charge on any atom is -0.467 e. The zero-order valence-corrected chi connectivity index (χ0v) is 10.5. The molecule has 1 aliphatic heterocycles. The van der Waals surface area contributed by atoms with E-state index in [2.05, 4.69) is 16.4 Å². The van der Waals surface area contributed by atoms with E-state index in [1.807, 2.05) is 25.1 Å². The number of hydrogen-bond donors (Lipinski definition) is 2. The average Bonchev–Trinajstić information content (AvgIpc) is 2.78. The molecule has 0 unspecified atom stereocenters. The topological polar surface area (TPSA) is 54.1 Å². The van der Waals surface area contributed by atoms with E-state index in [0.29, 0.717) is 0 Å². The van der Waals surface area contributed by atoms with Crippen molar-refractivity contribution < 1.29 is 9.53 Å². The first kappa shape index (κ1) is 11.3. The second kappa shape index (κ2) is 3.85. The molecule has 1 atom stereocenters. The van der Waals surface area contributed by atoms with Gasteiger partial charge in [0.15, 0.2) is 5.54 Å². The van der Waals surface area contributed by atoms with Gasteiger partial charge in [-0.1, -0.05) is 18.2 Å². The van der Waals surface area contributed by atoms with E-state index in [0.717, 1.165) is 24.2 Å². The molecule has 4 heteroatoms. The van der Waals surface area contributed by atoms with Crippen molar-refractivity contribution in [2.24, 2.45) is 0 Å². The van der Waals surface area contributed by atoms with Crippen molar-refractivity contribution in [3.63, 3.8) is 0 Å². The number of para-hydroxylation sites is 1. The van der Waals surface area contributed by atoms with E-state index in [1.165, 1.54) is 18.1 Å². The van der Waals surface area contributed by atoms with E-state index >= 15 is 0 Å². The van der Waals surface area contributed by atoms with Crippen LogP contribution in [0.2, 0.25) is 0 Å². The summed E-state index contributed by atoms with van der Waals surface area (Å²) in [5.41, 5.74) is 2.45. The molecular formula is C14H16N2O2. The molecule has 0 amide bonds. The van der Waals surface area contributed by atoms with Gasteiger partial charge in [-0.2, -0.15) is 0 Å². The average molecular weight is 244 g/mol. The third kappa shape index (κ3) is 1.39. The molecule has 0 bridgehead atoms. The molecule has 0 aliphatic carbocycles. The van der Waals surface area contributed by atoms with E-state index < -0.39 is 5.54 Å². The van der Waals surface area contributed by atoms with Crippen LogP contribution in [0.3, 0.4) is 0 Å². The van der Waals surface area contributed by atoms with Crippen LogP contribution in [0.4, 0.5) is 0 Å². The van der Waals surface area contributed by atoms with Gasteiger partial charge in [-0.15, -0.1) is 0 Å². The van der Waals surface area contributed by atoms with Gasteiger partial charge in [0.2, 0.25) is 0 Å². The molecule has 0 fully saturated rings. The highest BCUT2D eigenvalue weighted by atomic mass is 16.5. The third-order valence-electron chi connectivity index (χ3n) is 3.76.